The van der Waals surface area contributed by atoms with Gasteiger partial charge in [-0.05, 0) is 30.7 Å². The van der Waals surface area contributed by atoms with Crippen molar-refractivity contribution in [3.05, 3.63) is 87.6 Å². The third-order valence-corrected chi connectivity index (χ3v) is 6.60. The van der Waals surface area contributed by atoms with E-state index >= 15 is 0 Å². The van der Waals surface area contributed by atoms with Crippen LogP contribution in [0.3, 0.4) is 0 Å². The van der Waals surface area contributed by atoms with Crippen LogP contribution in [0.4, 0.5) is 5.69 Å². The van der Waals surface area contributed by atoms with E-state index in [4.69, 9.17) is 14.9 Å². The summed E-state index contributed by atoms with van der Waals surface area (Å²) in [7, 11) is 2.77. The molecule has 3 aromatic rings. The molecular weight excluding hydrogens is 436 g/mol. The minimum absolute atomic E-state index is 0.0160. The van der Waals surface area contributed by atoms with Crippen LogP contribution in [0.5, 0.6) is 5.75 Å². The van der Waals surface area contributed by atoms with E-state index in [0.29, 0.717) is 22.6 Å². The Hall–Kier alpha value is -4.27. The number of amides is 1. The van der Waals surface area contributed by atoms with Crippen molar-refractivity contribution in [1.82, 2.24) is 9.55 Å². The lowest BCUT2D eigenvalue weighted by molar-refractivity contribution is -0.147. The molecule has 2 aliphatic rings. The molecule has 0 bridgehead atoms. The van der Waals surface area contributed by atoms with Gasteiger partial charge in [0.25, 0.3) is 5.56 Å². The highest BCUT2D eigenvalue weighted by Crippen LogP contribution is 2.54. The van der Waals surface area contributed by atoms with Crippen molar-refractivity contribution in [2.45, 2.75) is 18.9 Å². The Morgan fingerprint density at radius 3 is 2.65 bits per heavy atom. The Kier molecular flexibility index (Phi) is 4.85. The SMILES string of the molecule is COC(=O)C1C(=N)Oc2cc(C)n(Cc3ccccn3)c(=O)c2C12C(=O)N(C)c1ccccc12. The molecule has 2 aliphatic heterocycles. The van der Waals surface area contributed by atoms with Gasteiger partial charge >= 0.3 is 5.97 Å². The Morgan fingerprint density at radius 2 is 1.94 bits per heavy atom. The summed E-state index contributed by atoms with van der Waals surface area (Å²) in [5, 5.41) is 8.56. The van der Waals surface area contributed by atoms with Crippen molar-refractivity contribution in [1.29, 1.82) is 5.41 Å². The summed E-state index contributed by atoms with van der Waals surface area (Å²) < 4.78 is 12.2. The van der Waals surface area contributed by atoms with Gasteiger partial charge in [0.15, 0.2) is 5.92 Å². The highest BCUT2D eigenvalue weighted by atomic mass is 16.5. The lowest BCUT2D eigenvalue weighted by Gasteiger charge is -2.39. The molecule has 1 aromatic carbocycles. The first kappa shape index (κ1) is 21.6. The molecule has 0 radical (unpaired) electrons. The molecule has 0 saturated carbocycles. The first-order valence-corrected chi connectivity index (χ1v) is 10.7. The molecule has 2 unspecified atom stereocenters. The van der Waals surface area contributed by atoms with Crippen LogP contribution >= 0.6 is 0 Å². The molecule has 2 aromatic heterocycles. The van der Waals surface area contributed by atoms with Crippen molar-refractivity contribution in [2.75, 3.05) is 19.1 Å². The number of aryl methyl sites for hydroxylation is 1. The van der Waals surface area contributed by atoms with Crippen molar-refractivity contribution in [2.24, 2.45) is 5.92 Å². The number of nitrogens with zero attached hydrogens (tertiary/aromatic N) is 3. The molecule has 0 saturated heterocycles. The van der Waals surface area contributed by atoms with Crippen LogP contribution in [0.1, 0.15) is 22.5 Å². The van der Waals surface area contributed by atoms with Gasteiger partial charge in [-0.3, -0.25) is 24.8 Å². The fourth-order valence-electron chi connectivity index (χ4n) is 5.06. The van der Waals surface area contributed by atoms with Gasteiger partial charge in [0.05, 0.1) is 24.9 Å². The van der Waals surface area contributed by atoms with Crippen molar-refractivity contribution in [3.8, 4) is 5.75 Å². The topological polar surface area (TPSA) is 115 Å². The molecule has 2 atom stereocenters. The molecule has 0 aliphatic carbocycles. The Balaban J connectivity index is 1.87. The number of carbonyl (C=O) groups is 2. The fraction of sp³-hybridized carbons (Fsp3) is 0.240. The number of benzene rings is 1. The number of para-hydroxylation sites is 1. The maximum Gasteiger partial charge on any atom is 0.319 e. The second kappa shape index (κ2) is 7.65. The van der Waals surface area contributed by atoms with Gasteiger partial charge < -0.3 is 18.9 Å². The second-order valence-electron chi connectivity index (χ2n) is 8.35. The smallest absolute Gasteiger partial charge is 0.319 e. The van der Waals surface area contributed by atoms with Crippen molar-refractivity contribution < 1.29 is 19.1 Å². The summed E-state index contributed by atoms with van der Waals surface area (Å²) >= 11 is 0. The van der Waals surface area contributed by atoms with Gasteiger partial charge in [-0.1, -0.05) is 24.3 Å². The first-order chi connectivity index (χ1) is 16.3. The monoisotopic (exact) mass is 458 g/mol. The number of anilines is 1. The normalized spacial score (nSPS) is 20.7. The number of nitrogens with one attached hydrogen (secondary N) is 1. The number of carbonyl (C=O) groups excluding carboxylic acids is 2. The van der Waals surface area contributed by atoms with Crippen molar-refractivity contribution in [3.63, 3.8) is 0 Å². The van der Waals surface area contributed by atoms with Gasteiger partial charge in [0.2, 0.25) is 11.8 Å². The van der Waals surface area contributed by atoms with E-state index in [2.05, 4.69) is 4.98 Å². The summed E-state index contributed by atoms with van der Waals surface area (Å²) in [5.41, 5.74) is -0.0229. The third kappa shape index (κ3) is 2.76. The highest BCUT2D eigenvalue weighted by molar-refractivity contribution is 6.18. The highest BCUT2D eigenvalue weighted by Gasteiger charge is 2.65. The van der Waals surface area contributed by atoms with Crippen LogP contribution in [0, 0.1) is 18.3 Å². The zero-order chi connectivity index (χ0) is 24.2. The molecule has 5 rings (SSSR count). The number of methoxy groups -OCH3 is 1. The predicted octanol–water partition coefficient (Wildman–Crippen LogP) is 2.02. The molecule has 9 heteroatoms. The van der Waals surface area contributed by atoms with E-state index in [1.807, 2.05) is 6.07 Å². The van der Waals surface area contributed by atoms with Gasteiger partial charge in [0.1, 0.15) is 11.2 Å². The Bertz CT molecular complexity index is 1410. The average molecular weight is 458 g/mol. The van der Waals surface area contributed by atoms with Crippen LogP contribution < -0.4 is 15.2 Å². The van der Waals surface area contributed by atoms with Crippen LogP contribution in [-0.4, -0.2) is 41.5 Å². The number of aromatic nitrogens is 2. The lowest BCUT2D eigenvalue weighted by Crippen LogP contribution is -2.58. The van der Waals surface area contributed by atoms with E-state index in [1.165, 1.54) is 16.6 Å². The number of likely N-dealkylation sites (N-methyl/N-ethyl adjacent to an activating group) is 1. The number of pyridine rings is 2. The summed E-state index contributed by atoms with van der Waals surface area (Å²) in [6.45, 7) is 1.91. The van der Waals surface area contributed by atoms with Gasteiger partial charge in [0, 0.05) is 30.7 Å². The largest absolute Gasteiger partial charge is 0.468 e. The minimum atomic E-state index is -1.79. The molecule has 0 fully saturated rings. The van der Waals surface area contributed by atoms with Gasteiger partial charge in [-0.25, -0.2) is 0 Å². The Morgan fingerprint density at radius 1 is 1.21 bits per heavy atom. The predicted molar refractivity (Wildman–Crippen MR) is 123 cm³/mol. The summed E-state index contributed by atoms with van der Waals surface area (Å²) in [6.07, 6.45) is 1.64. The van der Waals surface area contributed by atoms with Crippen LogP contribution in [0.2, 0.25) is 0 Å². The van der Waals surface area contributed by atoms with Crippen molar-refractivity contribution >= 4 is 23.5 Å². The standard InChI is InChI=1S/C25H22N4O5/c1-14-12-18-19(22(30)29(14)13-15-8-6-7-11-27-15)25(20(21(26)34-18)23(31)33-3)16-9-4-5-10-17(16)28(2)24(25)32/h4-12,20,26H,13H2,1-3H3. The number of hydrogen-bond donors (Lipinski definition) is 1. The molecule has 172 valence electrons. The molecule has 1 amide bonds. The number of esters is 1. The number of ether oxygens (including phenoxy) is 2. The summed E-state index contributed by atoms with van der Waals surface area (Å²) in [5.74, 6) is -3.14. The zero-order valence-electron chi connectivity index (χ0n) is 18.9. The van der Waals surface area contributed by atoms with E-state index < -0.39 is 34.7 Å². The minimum Gasteiger partial charge on any atom is -0.468 e. The average Bonchev–Trinajstić information content (AvgIpc) is 3.04. The van der Waals surface area contributed by atoms with Gasteiger partial charge in [-0.15, -0.1) is 0 Å². The molecule has 1 N–H and O–H groups in total. The van der Waals surface area contributed by atoms with E-state index in [9.17, 15) is 14.4 Å². The number of rotatable bonds is 3. The van der Waals surface area contributed by atoms with Crippen LogP contribution in [0.15, 0.2) is 59.5 Å². The second-order valence-corrected chi connectivity index (χ2v) is 8.35. The molecule has 4 heterocycles. The number of hydrogen-bond acceptors (Lipinski definition) is 7. The van der Waals surface area contributed by atoms with Crippen LogP contribution in [0.25, 0.3) is 0 Å². The quantitative estimate of drug-likeness (QED) is 0.601. The van der Waals surface area contributed by atoms with Gasteiger partial charge in [-0.2, -0.15) is 0 Å². The maximum absolute atomic E-state index is 14.1. The van der Waals surface area contributed by atoms with Crippen LogP contribution in [-0.2, 0) is 26.3 Å². The van der Waals surface area contributed by atoms with E-state index in [0.717, 1.165) is 0 Å². The third-order valence-electron chi connectivity index (χ3n) is 6.60. The summed E-state index contributed by atoms with van der Waals surface area (Å²) in [4.78, 5) is 46.8. The van der Waals surface area contributed by atoms with E-state index in [-0.39, 0.29) is 17.9 Å². The molecule has 9 nitrogen and oxygen atoms in total. The molecule has 34 heavy (non-hydrogen) atoms. The molecule has 1 spiro atoms. The molecular formula is C25H22N4O5. The maximum atomic E-state index is 14.1. The lowest BCUT2D eigenvalue weighted by atomic mass is 9.64. The van der Waals surface area contributed by atoms with E-state index in [1.54, 1.807) is 62.6 Å². The first-order valence-electron chi connectivity index (χ1n) is 10.7. The fourth-order valence-corrected chi connectivity index (χ4v) is 5.06. The summed E-state index contributed by atoms with van der Waals surface area (Å²) in [6, 6.07) is 14.0. The number of fused-ring (bicyclic) bond motifs is 4. The zero-order valence-corrected chi connectivity index (χ0v) is 18.9. The Labute approximate surface area is 195 Å².